The van der Waals surface area contributed by atoms with Gasteiger partial charge in [-0.2, -0.15) is 0 Å². The number of hydrogen-bond donors (Lipinski definition) is 1. The predicted octanol–water partition coefficient (Wildman–Crippen LogP) is 4.58. The van der Waals surface area contributed by atoms with Crippen molar-refractivity contribution in [2.75, 3.05) is 17.6 Å². The van der Waals surface area contributed by atoms with Gasteiger partial charge in [-0.15, -0.1) is 0 Å². The number of rotatable bonds is 8. The molecule has 0 spiro atoms. The van der Waals surface area contributed by atoms with Crippen LogP contribution in [-0.4, -0.2) is 31.5 Å². The number of methoxy groups -OCH3 is 1. The van der Waals surface area contributed by atoms with Gasteiger partial charge in [0.15, 0.2) is 0 Å². The lowest BCUT2D eigenvalue weighted by Crippen LogP contribution is -2.17. The Hall–Kier alpha value is -1.75. The van der Waals surface area contributed by atoms with E-state index in [-0.39, 0.29) is 32.8 Å². The van der Waals surface area contributed by atoms with Crippen LogP contribution in [0.1, 0.15) is 18.9 Å². The van der Waals surface area contributed by atoms with E-state index >= 15 is 0 Å². The van der Waals surface area contributed by atoms with Crippen LogP contribution in [0.15, 0.2) is 46.2 Å². The molecule has 0 saturated carbocycles. The maximum atomic E-state index is 13.7. The van der Waals surface area contributed by atoms with Gasteiger partial charge in [-0.25, -0.2) is 17.2 Å². The zero-order valence-corrected chi connectivity index (χ0v) is 18.9. The Morgan fingerprint density at radius 3 is 2.47 bits per heavy atom. The van der Waals surface area contributed by atoms with E-state index in [0.29, 0.717) is 6.92 Å². The molecule has 0 bridgehead atoms. The van der Waals surface area contributed by atoms with Crippen LogP contribution in [0.4, 0.5) is 14.5 Å². The zero-order chi connectivity index (χ0) is 22.7. The lowest BCUT2D eigenvalue weighted by Gasteiger charge is -2.16. The van der Waals surface area contributed by atoms with E-state index in [2.05, 4.69) is 9.46 Å². The molecule has 0 aromatic heterocycles. The molecule has 2 aromatic rings. The zero-order valence-electron chi connectivity index (χ0n) is 15.7. The Morgan fingerprint density at radius 2 is 1.87 bits per heavy atom. The Labute approximate surface area is 185 Å². The number of esters is 1. The van der Waals surface area contributed by atoms with Crippen molar-refractivity contribution in [3.8, 4) is 0 Å². The third-order valence-corrected chi connectivity index (χ3v) is 7.22. The molecule has 6 nitrogen and oxygen atoms in total. The van der Waals surface area contributed by atoms with Crippen molar-refractivity contribution < 1.29 is 30.9 Å². The Kier molecular flexibility index (Phi) is 7.84. The van der Waals surface area contributed by atoms with Crippen LogP contribution in [0, 0.1) is 0 Å². The van der Waals surface area contributed by atoms with Crippen molar-refractivity contribution >= 4 is 55.7 Å². The highest BCUT2D eigenvalue weighted by molar-refractivity contribution is 7.92. The standard InChI is InChI=1S/C18H17Cl2F2NO5S2/c1-18(21,22)13-10-12(4-5-14(13)20)30(26,27)23-15-9-11(19)3-6-16(15)29(25)8-7-17(24)28-2/h3-6,9-10,23H,7-8H2,1-2H3. The Bertz CT molecular complexity index is 1090. The van der Waals surface area contributed by atoms with Crippen LogP contribution < -0.4 is 4.72 Å². The fourth-order valence-corrected chi connectivity index (χ4v) is 5.14. The van der Waals surface area contributed by atoms with E-state index in [0.717, 1.165) is 18.2 Å². The second-order valence-corrected chi connectivity index (χ2v) is 10.2. The third-order valence-electron chi connectivity index (χ3n) is 3.87. The molecule has 12 heteroatoms. The topological polar surface area (TPSA) is 89.5 Å². The van der Waals surface area contributed by atoms with E-state index in [1.807, 2.05) is 0 Å². The molecule has 0 radical (unpaired) electrons. The number of nitrogens with one attached hydrogen (secondary N) is 1. The van der Waals surface area contributed by atoms with E-state index in [1.165, 1.54) is 25.3 Å². The lowest BCUT2D eigenvalue weighted by molar-refractivity contribution is -0.140. The molecule has 2 rings (SSSR count). The number of halogens is 4. The first-order valence-electron chi connectivity index (χ1n) is 8.30. The van der Waals surface area contributed by atoms with Gasteiger partial charge in [0.25, 0.3) is 15.9 Å². The SMILES string of the molecule is COC(=O)CCS(=O)c1ccc(Cl)cc1NS(=O)(=O)c1ccc(Cl)c(C(C)(F)F)c1. The average Bonchev–Trinajstić information content (AvgIpc) is 2.64. The summed E-state index contributed by atoms with van der Waals surface area (Å²) in [6, 6.07) is 6.87. The van der Waals surface area contributed by atoms with Gasteiger partial charge >= 0.3 is 5.97 Å². The van der Waals surface area contributed by atoms with E-state index in [4.69, 9.17) is 23.2 Å². The number of sulfonamides is 1. The van der Waals surface area contributed by atoms with E-state index in [1.54, 1.807) is 0 Å². The van der Waals surface area contributed by atoms with E-state index in [9.17, 15) is 26.2 Å². The molecule has 0 aliphatic heterocycles. The van der Waals surface area contributed by atoms with Gasteiger partial charge in [-0.1, -0.05) is 23.2 Å². The van der Waals surface area contributed by atoms with Gasteiger partial charge in [0, 0.05) is 28.3 Å². The number of hydrogen-bond acceptors (Lipinski definition) is 5. The molecule has 0 aliphatic carbocycles. The lowest BCUT2D eigenvalue weighted by atomic mass is 10.1. The largest absolute Gasteiger partial charge is 0.469 e. The Balaban J connectivity index is 2.41. The van der Waals surface area contributed by atoms with Gasteiger partial charge in [0.2, 0.25) is 0 Å². The minimum Gasteiger partial charge on any atom is -0.469 e. The molecule has 0 fully saturated rings. The molecular formula is C18H17Cl2F2NO5S2. The molecule has 1 atom stereocenters. The maximum Gasteiger partial charge on any atom is 0.306 e. The molecule has 1 unspecified atom stereocenters. The summed E-state index contributed by atoms with van der Waals surface area (Å²) in [7, 11) is -4.93. The second kappa shape index (κ2) is 9.59. The summed E-state index contributed by atoms with van der Waals surface area (Å²) in [4.78, 5) is 10.9. The monoisotopic (exact) mass is 499 g/mol. The van der Waals surface area contributed by atoms with Crippen molar-refractivity contribution in [1.82, 2.24) is 0 Å². The van der Waals surface area contributed by atoms with Crippen LogP contribution in [-0.2, 0) is 36.3 Å². The number of alkyl halides is 2. The van der Waals surface area contributed by atoms with Gasteiger partial charge in [0.1, 0.15) is 0 Å². The normalized spacial score (nSPS) is 13.0. The molecule has 0 saturated heterocycles. The quantitative estimate of drug-likeness (QED) is 0.537. The predicted molar refractivity (Wildman–Crippen MR) is 111 cm³/mol. The van der Waals surface area contributed by atoms with Crippen LogP contribution in [0.3, 0.4) is 0 Å². The average molecular weight is 500 g/mol. The minimum atomic E-state index is -4.35. The van der Waals surface area contributed by atoms with Gasteiger partial charge in [-0.05, 0) is 36.4 Å². The number of carbonyl (C=O) groups is 1. The summed E-state index contributed by atoms with van der Waals surface area (Å²) in [5.41, 5.74) is -0.759. The molecule has 2 aromatic carbocycles. The third kappa shape index (κ3) is 6.13. The molecular weight excluding hydrogens is 483 g/mol. The maximum absolute atomic E-state index is 13.7. The van der Waals surface area contributed by atoms with Gasteiger partial charge in [0.05, 0.1) is 39.8 Å². The number of ether oxygens (including phenoxy) is 1. The number of anilines is 1. The number of carbonyl (C=O) groups excluding carboxylic acids is 1. The van der Waals surface area contributed by atoms with Crippen molar-refractivity contribution in [2.24, 2.45) is 0 Å². The van der Waals surface area contributed by atoms with Crippen LogP contribution in [0.5, 0.6) is 0 Å². The fourth-order valence-electron chi connectivity index (χ4n) is 2.38. The van der Waals surface area contributed by atoms with Crippen molar-refractivity contribution in [3.05, 3.63) is 52.0 Å². The summed E-state index contributed by atoms with van der Waals surface area (Å²) >= 11 is 11.7. The first kappa shape index (κ1) is 24.5. The first-order chi connectivity index (χ1) is 13.8. The molecule has 164 valence electrons. The summed E-state index contributed by atoms with van der Waals surface area (Å²) in [6.07, 6.45) is -0.149. The van der Waals surface area contributed by atoms with Gasteiger partial charge in [-0.3, -0.25) is 13.7 Å². The highest BCUT2D eigenvalue weighted by Crippen LogP contribution is 2.35. The first-order valence-corrected chi connectivity index (χ1v) is 11.9. The van der Waals surface area contributed by atoms with Gasteiger partial charge < -0.3 is 4.74 Å². The summed E-state index contributed by atoms with van der Waals surface area (Å²) in [5.74, 6) is -4.05. The Morgan fingerprint density at radius 1 is 1.20 bits per heavy atom. The molecule has 0 aliphatic rings. The molecule has 0 heterocycles. The van der Waals surface area contributed by atoms with Crippen LogP contribution >= 0.6 is 23.2 Å². The van der Waals surface area contributed by atoms with Crippen LogP contribution in [0.25, 0.3) is 0 Å². The highest BCUT2D eigenvalue weighted by atomic mass is 35.5. The summed E-state index contributed by atoms with van der Waals surface area (Å²) < 4.78 is 72.3. The molecule has 30 heavy (non-hydrogen) atoms. The fraction of sp³-hybridized carbons (Fsp3) is 0.278. The summed E-state index contributed by atoms with van der Waals surface area (Å²) in [6.45, 7) is 0.595. The smallest absolute Gasteiger partial charge is 0.306 e. The highest BCUT2D eigenvalue weighted by Gasteiger charge is 2.29. The van der Waals surface area contributed by atoms with Crippen LogP contribution in [0.2, 0.25) is 10.0 Å². The summed E-state index contributed by atoms with van der Waals surface area (Å²) in [5, 5.41) is -0.132. The van der Waals surface area contributed by atoms with Crippen molar-refractivity contribution in [3.63, 3.8) is 0 Å². The number of benzene rings is 2. The van der Waals surface area contributed by atoms with Crippen molar-refractivity contribution in [1.29, 1.82) is 0 Å². The molecule has 1 N–H and O–H groups in total. The van der Waals surface area contributed by atoms with E-state index < -0.39 is 43.2 Å². The molecule has 0 amide bonds. The second-order valence-electron chi connectivity index (χ2n) is 6.15. The van der Waals surface area contributed by atoms with Crippen molar-refractivity contribution in [2.45, 2.75) is 29.1 Å². The minimum absolute atomic E-state index is 0.0712.